The number of aryl methyl sites for hydroxylation is 1. The van der Waals surface area contributed by atoms with Crippen LogP contribution in [0.3, 0.4) is 0 Å². The Kier molecular flexibility index (Phi) is 3.47. The SMILES string of the molecule is CC(c1ccnn1C)N1CCCC1CC(=O)O. The molecule has 2 unspecified atom stereocenters. The highest BCUT2D eigenvalue weighted by Gasteiger charge is 2.31. The van der Waals surface area contributed by atoms with Crippen molar-refractivity contribution in [3.05, 3.63) is 18.0 Å². The first-order chi connectivity index (χ1) is 8.09. The number of hydrogen-bond donors (Lipinski definition) is 1. The molecule has 1 aromatic rings. The standard InChI is InChI=1S/C12H19N3O2/c1-9(11-5-6-13-14(11)2)15-7-3-4-10(15)8-12(16)17/h5-6,9-10H,3-4,7-8H2,1-2H3,(H,16,17). The Hall–Kier alpha value is -1.36. The number of aliphatic carboxylic acids is 1. The molecule has 5 nitrogen and oxygen atoms in total. The van der Waals surface area contributed by atoms with E-state index in [1.165, 1.54) is 0 Å². The monoisotopic (exact) mass is 237 g/mol. The van der Waals surface area contributed by atoms with Crippen LogP contribution in [0, 0.1) is 0 Å². The predicted octanol–water partition coefficient (Wildman–Crippen LogP) is 1.42. The molecule has 0 bridgehead atoms. The molecule has 2 atom stereocenters. The van der Waals surface area contributed by atoms with E-state index in [0.29, 0.717) is 0 Å². The van der Waals surface area contributed by atoms with Crippen molar-refractivity contribution in [3.63, 3.8) is 0 Å². The van der Waals surface area contributed by atoms with Gasteiger partial charge in [0.1, 0.15) is 0 Å². The number of rotatable bonds is 4. The summed E-state index contributed by atoms with van der Waals surface area (Å²) in [6, 6.07) is 2.40. The molecule has 0 amide bonds. The Morgan fingerprint density at radius 1 is 1.71 bits per heavy atom. The molecule has 1 N–H and O–H groups in total. The third-order valence-electron chi connectivity index (χ3n) is 3.62. The molecular formula is C12H19N3O2. The molecule has 0 aromatic carbocycles. The lowest BCUT2D eigenvalue weighted by molar-refractivity contribution is -0.138. The van der Waals surface area contributed by atoms with Crippen molar-refractivity contribution in [2.75, 3.05) is 6.54 Å². The molecule has 0 radical (unpaired) electrons. The molecule has 0 aliphatic carbocycles. The average molecular weight is 237 g/mol. The molecule has 0 saturated carbocycles. The Bertz CT molecular complexity index is 402. The van der Waals surface area contributed by atoms with Gasteiger partial charge < -0.3 is 5.11 Å². The summed E-state index contributed by atoms with van der Waals surface area (Å²) in [4.78, 5) is 13.1. The Labute approximate surface area is 101 Å². The van der Waals surface area contributed by atoms with E-state index in [4.69, 9.17) is 5.11 Å². The van der Waals surface area contributed by atoms with Crippen LogP contribution in [0.25, 0.3) is 0 Å². The normalized spacial score (nSPS) is 22.8. The highest BCUT2D eigenvalue weighted by Crippen LogP contribution is 2.30. The van der Waals surface area contributed by atoms with E-state index in [2.05, 4.69) is 16.9 Å². The van der Waals surface area contributed by atoms with Crippen LogP contribution < -0.4 is 0 Å². The Balaban J connectivity index is 2.10. The van der Waals surface area contributed by atoms with Crippen LogP contribution in [0.15, 0.2) is 12.3 Å². The van der Waals surface area contributed by atoms with Gasteiger partial charge in [-0.3, -0.25) is 14.4 Å². The van der Waals surface area contributed by atoms with Crippen molar-refractivity contribution in [1.29, 1.82) is 0 Å². The third kappa shape index (κ3) is 2.49. The summed E-state index contributed by atoms with van der Waals surface area (Å²) < 4.78 is 1.86. The zero-order valence-electron chi connectivity index (χ0n) is 10.3. The summed E-state index contributed by atoms with van der Waals surface area (Å²) in [6.45, 7) is 3.10. The Morgan fingerprint density at radius 3 is 3.06 bits per heavy atom. The molecule has 1 saturated heterocycles. The maximum Gasteiger partial charge on any atom is 0.304 e. The molecule has 1 aliphatic rings. The highest BCUT2D eigenvalue weighted by molar-refractivity contribution is 5.67. The second-order valence-corrected chi connectivity index (χ2v) is 4.69. The number of likely N-dealkylation sites (tertiary alicyclic amines) is 1. The van der Waals surface area contributed by atoms with Crippen LogP contribution in [0.2, 0.25) is 0 Å². The van der Waals surface area contributed by atoms with Crippen molar-refractivity contribution in [1.82, 2.24) is 14.7 Å². The van der Waals surface area contributed by atoms with Crippen molar-refractivity contribution < 1.29 is 9.90 Å². The van der Waals surface area contributed by atoms with Crippen molar-refractivity contribution >= 4 is 5.97 Å². The van der Waals surface area contributed by atoms with Crippen LogP contribution in [0.5, 0.6) is 0 Å². The summed E-state index contributed by atoms with van der Waals surface area (Å²) in [6.07, 6.45) is 4.09. The van der Waals surface area contributed by atoms with Crippen molar-refractivity contribution in [3.8, 4) is 0 Å². The smallest absolute Gasteiger partial charge is 0.304 e. The first kappa shape index (κ1) is 12.1. The van der Waals surface area contributed by atoms with Crippen LogP contribution in [0.4, 0.5) is 0 Å². The largest absolute Gasteiger partial charge is 0.481 e. The number of hydrogen-bond acceptors (Lipinski definition) is 3. The zero-order valence-corrected chi connectivity index (χ0v) is 10.3. The van der Waals surface area contributed by atoms with Crippen LogP contribution in [0.1, 0.15) is 37.9 Å². The van der Waals surface area contributed by atoms with Crippen LogP contribution >= 0.6 is 0 Å². The molecule has 94 valence electrons. The number of carboxylic acids is 1. The maximum atomic E-state index is 10.8. The lowest BCUT2D eigenvalue weighted by Crippen LogP contribution is -2.34. The quantitative estimate of drug-likeness (QED) is 0.860. The van der Waals surface area contributed by atoms with Crippen molar-refractivity contribution in [2.24, 2.45) is 7.05 Å². The second kappa shape index (κ2) is 4.87. The number of nitrogens with zero attached hydrogens (tertiary/aromatic N) is 3. The number of carboxylic acid groups (broad SMARTS) is 1. The topological polar surface area (TPSA) is 58.4 Å². The highest BCUT2D eigenvalue weighted by atomic mass is 16.4. The summed E-state index contributed by atoms with van der Waals surface area (Å²) in [5.74, 6) is -0.709. The van der Waals surface area contributed by atoms with E-state index in [9.17, 15) is 4.79 Å². The van der Waals surface area contributed by atoms with Gasteiger partial charge in [-0.1, -0.05) is 0 Å². The first-order valence-corrected chi connectivity index (χ1v) is 6.05. The minimum atomic E-state index is -0.709. The van der Waals surface area contributed by atoms with E-state index in [0.717, 1.165) is 25.1 Å². The van der Waals surface area contributed by atoms with E-state index < -0.39 is 5.97 Å². The number of carbonyl (C=O) groups is 1. The number of aromatic nitrogens is 2. The Morgan fingerprint density at radius 2 is 2.47 bits per heavy atom. The molecular weight excluding hydrogens is 218 g/mol. The van der Waals surface area contributed by atoms with Crippen LogP contribution in [-0.2, 0) is 11.8 Å². The molecule has 1 fully saturated rings. The predicted molar refractivity (Wildman–Crippen MR) is 63.6 cm³/mol. The fourth-order valence-electron chi connectivity index (χ4n) is 2.75. The van der Waals surface area contributed by atoms with E-state index >= 15 is 0 Å². The molecule has 1 aliphatic heterocycles. The van der Waals surface area contributed by atoms with Crippen LogP contribution in [-0.4, -0.2) is 38.3 Å². The molecule has 17 heavy (non-hydrogen) atoms. The van der Waals surface area contributed by atoms with Gasteiger partial charge in [-0.2, -0.15) is 5.10 Å². The van der Waals surface area contributed by atoms with Gasteiger partial charge >= 0.3 is 5.97 Å². The fourth-order valence-corrected chi connectivity index (χ4v) is 2.75. The summed E-state index contributed by atoms with van der Waals surface area (Å²) in [5, 5.41) is 13.1. The molecule has 2 heterocycles. The maximum absolute atomic E-state index is 10.8. The van der Waals surface area contributed by atoms with Crippen molar-refractivity contribution in [2.45, 2.75) is 38.3 Å². The van der Waals surface area contributed by atoms with E-state index in [-0.39, 0.29) is 18.5 Å². The molecule has 0 spiro atoms. The third-order valence-corrected chi connectivity index (χ3v) is 3.62. The van der Waals surface area contributed by atoms with Gasteiger partial charge in [-0.25, -0.2) is 0 Å². The average Bonchev–Trinajstić information content (AvgIpc) is 2.85. The van der Waals surface area contributed by atoms with E-state index in [1.807, 2.05) is 17.8 Å². The molecule has 1 aromatic heterocycles. The van der Waals surface area contributed by atoms with Gasteiger partial charge in [0.25, 0.3) is 0 Å². The summed E-state index contributed by atoms with van der Waals surface area (Å²) in [7, 11) is 1.92. The lowest BCUT2D eigenvalue weighted by Gasteiger charge is -2.29. The summed E-state index contributed by atoms with van der Waals surface area (Å²) in [5.41, 5.74) is 1.14. The lowest BCUT2D eigenvalue weighted by atomic mass is 10.1. The summed E-state index contributed by atoms with van der Waals surface area (Å²) >= 11 is 0. The van der Waals surface area contributed by atoms with Gasteiger partial charge in [0, 0.05) is 25.3 Å². The zero-order chi connectivity index (χ0) is 12.4. The molecule has 2 rings (SSSR count). The van der Waals surface area contributed by atoms with Gasteiger partial charge in [0.15, 0.2) is 0 Å². The van der Waals surface area contributed by atoms with Gasteiger partial charge in [-0.15, -0.1) is 0 Å². The van der Waals surface area contributed by atoms with Gasteiger partial charge in [0.2, 0.25) is 0 Å². The minimum absolute atomic E-state index is 0.164. The molecule has 5 heteroatoms. The van der Waals surface area contributed by atoms with E-state index in [1.54, 1.807) is 6.20 Å². The van der Waals surface area contributed by atoms with Gasteiger partial charge in [-0.05, 0) is 32.4 Å². The van der Waals surface area contributed by atoms with Gasteiger partial charge in [0.05, 0.1) is 12.1 Å². The fraction of sp³-hybridized carbons (Fsp3) is 0.667. The first-order valence-electron chi connectivity index (χ1n) is 6.05. The minimum Gasteiger partial charge on any atom is -0.481 e. The second-order valence-electron chi connectivity index (χ2n) is 4.69.